The van der Waals surface area contributed by atoms with Gasteiger partial charge in [0.2, 0.25) is 0 Å². The Morgan fingerprint density at radius 3 is 2.68 bits per heavy atom. The third-order valence-electron chi connectivity index (χ3n) is 4.10. The van der Waals surface area contributed by atoms with Crippen LogP contribution in [0, 0.1) is 11.7 Å². The van der Waals surface area contributed by atoms with Gasteiger partial charge >= 0.3 is 0 Å². The van der Waals surface area contributed by atoms with Gasteiger partial charge in [-0.1, -0.05) is 37.5 Å². The lowest BCUT2D eigenvalue weighted by molar-refractivity contribution is 0.0748. The Labute approximate surface area is 115 Å². The van der Waals surface area contributed by atoms with Crippen molar-refractivity contribution in [2.45, 2.75) is 44.8 Å². The summed E-state index contributed by atoms with van der Waals surface area (Å²) in [5, 5.41) is 3.35. The first kappa shape index (κ1) is 14.5. The second-order valence-corrected chi connectivity index (χ2v) is 5.40. The summed E-state index contributed by atoms with van der Waals surface area (Å²) in [5.74, 6) is 0.528. The molecule has 0 aromatic heterocycles. The van der Waals surface area contributed by atoms with E-state index in [1.54, 1.807) is 12.1 Å². The van der Waals surface area contributed by atoms with Crippen molar-refractivity contribution in [3.05, 3.63) is 35.6 Å². The average molecular weight is 265 g/mol. The first-order chi connectivity index (χ1) is 9.31. The quantitative estimate of drug-likeness (QED) is 0.850. The number of ether oxygens (including phenoxy) is 1. The molecule has 1 saturated carbocycles. The summed E-state index contributed by atoms with van der Waals surface area (Å²) in [7, 11) is 1.99. The van der Waals surface area contributed by atoms with E-state index in [2.05, 4.69) is 5.32 Å². The van der Waals surface area contributed by atoms with Crippen molar-refractivity contribution in [3.63, 3.8) is 0 Å². The van der Waals surface area contributed by atoms with E-state index < -0.39 is 0 Å². The van der Waals surface area contributed by atoms with E-state index in [1.165, 1.54) is 38.2 Å². The summed E-state index contributed by atoms with van der Waals surface area (Å²) in [4.78, 5) is 0. The maximum Gasteiger partial charge on any atom is 0.128 e. The van der Waals surface area contributed by atoms with Gasteiger partial charge in [0, 0.05) is 11.6 Å². The van der Waals surface area contributed by atoms with Crippen molar-refractivity contribution in [1.82, 2.24) is 5.32 Å². The molecule has 2 nitrogen and oxygen atoms in total. The van der Waals surface area contributed by atoms with Crippen LogP contribution in [0.25, 0.3) is 0 Å². The molecule has 1 unspecified atom stereocenters. The molecule has 0 amide bonds. The van der Waals surface area contributed by atoms with E-state index in [0.717, 1.165) is 0 Å². The molecule has 0 heterocycles. The van der Waals surface area contributed by atoms with Gasteiger partial charge in [-0.25, -0.2) is 4.39 Å². The Balaban J connectivity index is 1.78. The van der Waals surface area contributed by atoms with E-state index >= 15 is 0 Å². The second-order valence-electron chi connectivity index (χ2n) is 5.40. The number of nitrogens with one attached hydrogen (secondary N) is 1. The smallest absolute Gasteiger partial charge is 0.128 e. The predicted molar refractivity (Wildman–Crippen MR) is 75.5 cm³/mol. The maximum absolute atomic E-state index is 13.5. The highest BCUT2D eigenvalue weighted by Gasteiger charge is 2.22. The van der Waals surface area contributed by atoms with Gasteiger partial charge in [-0.2, -0.15) is 0 Å². The lowest BCUT2D eigenvalue weighted by atomic mass is 9.84. The van der Waals surface area contributed by atoms with Crippen LogP contribution in [0.1, 0.15) is 37.7 Å². The molecule has 1 aliphatic rings. The zero-order valence-corrected chi connectivity index (χ0v) is 11.7. The Bertz CT molecular complexity index is 377. The minimum absolute atomic E-state index is 0.179. The van der Waals surface area contributed by atoms with Crippen LogP contribution >= 0.6 is 0 Å². The van der Waals surface area contributed by atoms with E-state index in [4.69, 9.17) is 4.74 Å². The summed E-state index contributed by atoms with van der Waals surface area (Å²) >= 11 is 0. The van der Waals surface area contributed by atoms with Gasteiger partial charge < -0.3 is 10.1 Å². The van der Waals surface area contributed by atoms with Crippen LogP contribution < -0.4 is 5.32 Å². The van der Waals surface area contributed by atoms with E-state index in [-0.39, 0.29) is 5.82 Å². The summed E-state index contributed by atoms with van der Waals surface area (Å²) in [6.45, 7) is 1.02. The largest absolute Gasteiger partial charge is 0.375 e. The molecule has 1 aromatic carbocycles. The molecule has 0 bridgehead atoms. The summed E-state index contributed by atoms with van der Waals surface area (Å²) in [5.41, 5.74) is 0.640. The van der Waals surface area contributed by atoms with Crippen molar-refractivity contribution in [3.8, 4) is 0 Å². The summed E-state index contributed by atoms with van der Waals surface area (Å²) < 4.78 is 19.2. The molecule has 1 N–H and O–H groups in total. The molecule has 1 aliphatic carbocycles. The Morgan fingerprint density at radius 1 is 1.26 bits per heavy atom. The minimum atomic E-state index is -0.179. The zero-order chi connectivity index (χ0) is 13.5. The van der Waals surface area contributed by atoms with E-state index in [1.807, 2.05) is 13.1 Å². The number of halogens is 1. The average Bonchev–Trinajstić information content (AvgIpc) is 2.46. The lowest BCUT2D eigenvalue weighted by Crippen LogP contribution is -2.38. The van der Waals surface area contributed by atoms with Crippen molar-refractivity contribution in [2.24, 2.45) is 5.92 Å². The number of likely N-dealkylation sites (N-methyl/N-ethyl adjacent to an activating group) is 1. The Kier molecular flexibility index (Phi) is 5.80. The van der Waals surface area contributed by atoms with Gasteiger partial charge in [0.05, 0.1) is 13.2 Å². The van der Waals surface area contributed by atoms with Crippen LogP contribution in [0.3, 0.4) is 0 Å². The van der Waals surface area contributed by atoms with E-state index in [9.17, 15) is 4.39 Å². The van der Waals surface area contributed by atoms with Crippen LogP contribution in [-0.2, 0) is 11.3 Å². The SMILES string of the molecule is CNC(COCc1ccccc1F)C1CCCCC1. The van der Waals surface area contributed by atoms with Crippen LogP contribution in [0.2, 0.25) is 0 Å². The molecule has 0 radical (unpaired) electrons. The van der Waals surface area contributed by atoms with Gasteiger partial charge in [-0.3, -0.25) is 0 Å². The fourth-order valence-electron chi connectivity index (χ4n) is 2.90. The molecule has 106 valence electrons. The van der Waals surface area contributed by atoms with Crippen LogP contribution in [0.5, 0.6) is 0 Å². The minimum Gasteiger partial charge on any atom is -0.375 e. The molecule has 0 saturated heterocycles. The topological polar surface area (TPSA) is 21.3 Å². The molecule has 19 heavy (non-hydrogen) atoms. The first-order valence-electron chi connectivity index (χ1n) is 7.29. The lowest BCUT2D eigenvalue weighted by Gasteiger charge is -2.29. The van der Waals surface area contributed by atoms with Crippen LogP contribution in [0.15, 0.2) is 24.3 Å². The molecule has 0 spiro atoms. The normalized spacial score (nSPS) is 18.4. The fourth-order valence-corrected chi connectivity index (χ4v) is 2.90. The number of benzene rings is 1. The highest BCUT2D eigenvalue weighted by molar-refractivity contribution is 5.16. The van der Waals surface area contributed by atoms with Gasteiger partial charge in [-0.05, 0) is 31.9 Å². The highest BCUT2D eigenvalue weighted by Crippen LogP contribution is 2.26. The maximum atomic E-state index is 13.5. The molecule has 1 fully saturated rings. The Hall–Kier alpha value is -0.930. The van der Waals surface area contributed by atoms with Gasteiger partial charge in [0.1, 0.15) is 5.82 Å². The number of rotatable bonds is 6. The highest BCUT2D eigenvalue weighted by atomic mass is 19.1. The van der Waals surface area contributed by atoms with Crippen molar-refractivity contribution in [1.29, 1.82) is 0 Å². The first-order valence-corrected chi connectivity index (χ1v) is 7.29. The monoisotopic (exact) mass is 265 g/mol. The van der Waals surface area contributed by atoms with Gasteiger partial charge in [0.15, 0.2) is 0 Å². The third-order valence-corrected chi connectivity index (χ3v) is 4.10. The molecular formula is C16H24FNO. The van der Waals surface area contributed by atoms with Crippen molar-refractivity contribution < 1.29 is 9.13 Å². The van der Waals surface area contributed by atoms with Crippen LogP contribution in [-0.4, -0.2) is 19.7 Å². The Morgan fingerprint density at radius 2 is 2.00 bits per heavy atom. The molecule has 2 rings (SSSR count). The fraction of sp³-hybridized carbons (Fsp3) is 0.625. The molecule has 1 aromatic rings. The third kappa shape index (κ3) is 4.29. The predicted octanol–water partition coefficient (Wildman–Crippen LogP) is 3.51. The van der Waals surface area contributed by atoms with Gasteiger partial charge in [-0.15, -0.1) is 0 Å². The zero-order valence-electron chi connectivity index (χ0n) is 11.7. The summed E-state index contributed by atoms with van der Waals surface area (Å²) in [6.07, 6.45) is 6.60. The summed E-state index contributed by atoms with van der Waals surface area (Å²) in [6, 6.07) is 7.21. The van der Waals surface area contributed by atoms with Crippen molar-refractivity contribution >= 4 is 0 Å². The second kappa shape index (κ2) is 7.61. The van der Waals surface area contributed by atoms with Crippen LogP contribution in [0.4, 0.5) is 4.39 Å². The molecular weight excluding hydrogens is 241 g/mol. The standard InChI is InChI=1S/C16H24FNO/c1-18-16(13-7-3-2-4-8-13)12-19-11-14-9-5-6-10-15(14)17/h5-6,9-10,13,16,18H,2-4,7-8,11-12H2,1H3. The molecule has 1 atom stereocenters. The number of hydrogen-bond acceptors (Lipinski definition) is 2. The molecule has 3 heteroatoms. The number of hydrogen-bond donors (Lipinski definition) is 1. The molecule has 0 aliphatic heterocycles. The van der Waals surface area contributed by atoms with E-state index in [0.29, 0.717) is 30.7 Å². The van der Waals surface area contributed by atoms with Crippen molar-refractivity contribution in [2.75, 3.05) is 13.7 Å². The van der Waals surface area contributed by atoms with Gasteiger partial charge in [0.25, 0.3) is 0 Å².